The summed E-state index contributed by atoms with van der Waals surface area (Å²) in [6.45, 7) is 14.7. The van der Waals surface area contributed by atoms with E-state index in [2.05, 4.69) is 84.6 Å². The first-order valence-electron chi connectivity index (χ1n) is 10.9. The molecule has 0 aliphatic heterocycles. The van der Waals surface area contributed by atoms with Gasteiger partial charge in [0, 0.05) is 29.8 Å². The Balaban J connectivity index is 2.45. The van der Waals surface area contributed by atoms with Crippen LogP contribution in [0.25, 0.3) is 0 Å². The van der Waals surface area contributed by atoms with Crippen molar-refractivity contribution in [1.29, 1.82) is 0 Å². The Labute approximate surface area is 174 Å². The highest BCUT2D eigenvalue weighted by Crippen LogP contribution is 2.39. The van der Waals surface area contributed by atoms with Gasteiger partial charge in [-0.25, -0.2) is 0 Å². The molecule has 1 aliphatic carbocycles. The molecule has 3 heteroatoms. The van der Waals surface area contributed by atoms with Crippen molar-refractivity contribution in [3.05, 3.63) is 28.8 Å². The van der Waals surface area contributed by atoms with Gasteiger partial charge >= 0.3 is 0 Å². The van der Waals surface area contributed by atoms with E-state index in [1.807, 2.05) is 7.11 Å². The zero-order chi connectivity index (χ0) is 21.3. The molecule has 1 fully saturated rings. The lowest BCUT2D eigenvalue weighted by Crippen LogP contribution is -2.49. The highest BCUT2D eigenvalue weighted by Gasteiger charge is 2.31. The van der Waals surface area contributed by atoms with Crippen molar-refractivity contribution in [2.75, 3.05) is 28.3 Å². The first-order valence-corrected chi connectivity index (χ1v) is 10.9. The van der Waals surface area contributed by atoms with Crippen LogP contribution in [0.5, 0.6) is 5.75 Å². The maximum absolute atomic E-state index is 6.00. The summed E-state index contributed by atoms with van der Waals surface area (Å²) in [5.74, 6) is 1.07. The number of rotatable bonds is 5. The molecule has 0 radical (unpaired) electrons. The summed E-state index contributed by atoms with van der Waals surface area (Å²) >= 11 is 0. The van der Waals surface area contributed by atoms with Crippen LogP contribution < -0.4 is 4.74 Å². The Morgan fingerprint density at radius 2 is 1.46 bits per heavy atom. The van der Waals surface area contributed by atoms with Gasteiger partial charge in [0.1, 0.15) is 5.75 Å². The zero-order valence-electron chi connectivity index (χ0n) is 20.1. The van der Waals surface area contributed by atoms with Gasteiger partial charge in [-0.2, -0.15) is 0 Å². The van der Waals surface area contributed by atoms with E-state index in [0.717, 1.165) is 12.3 Å². The Kier molecular flexibility index (Phi) is 7.26. The Bertz CT molecular complexity index is 652. The minimum Gasteiger partial charge on any atom is -0.496 e. The zero-order valence-corrected chi connectivity index (χ0v) is 20.1. The Morgan fingerprint density at radius 3 is 1.93 bits per heavy atom. The molecule has 0 heterocycles. The largest absolute Gasteiger partial charge is 0.496 e. The van der Waals surface area contributed by atoms with Gasteiger partial charge in [0.15, 0.2) is 0 Å². The van der Waals surface area contributed by atoms with Gasteiger partial charge in [0.05, 0.1) is 7.11 Å². The molecule has 1 aromatic rings. The second-order valence-corrected chi connectivity index (χ2v) is 11.0. The number of hydrogen-bond donors (Lipinski definition) is 0. The average molecular weight is 389 g/mol. The monoisotopic (exact) mass is 388 g/mol. The molecule has 1 aromatic carbocycles. The van der Waals surface area contributed by atoms with Crippen molar-refractivity contribution in [3.8, 4) is 5.75 Å². The van der Waals surface area contributed by atoms with E-state index in [4.69, 9.17) is 4.74 Å². The molecule has 1 saturated carbocycles. The molecule has 0 N–H and O–H groups in total. The summed E-state index contributed by atoms with van der Waals surface area (Å²) in [5.41, 5.74) is 4.21. The lowest BCUT2D eigenvalue weighted by atomic mass is 9.78. The van der Waals surface area contributed by atoms with Gasteiger partial charge in [-0.3, -0.25) is 4.90 Å². The predicted octanol–water partition coefficient (Wildman–Crippen LogP) is 5.59. The van der Waals surface area contributed by atoms with Crippen LogP contribution in [0.15, 0.2) is 12.1 Å². The van der Waals surface area contributed by atoms with Crippen LogP contribution in [0.4, 0.5) is 0 Å². The lowest BCUT2D eigenvalue weighted by molar-refractivity contribution is 0.0871. The van der Waals surface area contributed by atoms with E-state index >= 15 is 0 Å². The number of methoxy groups -OCH3 is 1. The third-order valence-corrected chi connectivity index (χ3v) is 6.39. The second-order valence-electron chi connectivity index (χ2n) is 11.0. The number of likely N-dealkylation sites (N-methyl/N-ethyl adjacent to an activating group) is 2. The maximum Gasteiger partial charge on any atom is 0.127 e. The van der Waals surface area contributed by atoms with Crippen LogP contribution in [0, 0.1) is 0 Å². The molecule has 0 aromatic heterocycles. The maximum atomic E-state index is 6.00. The van der Waals surface area contributed by atoms with Crippen molar-refractivity contribution in [2.24, 2.45) is 0 Å². The van der Waals surface area contributed by atoms with Gasteiger partial charge in [-0.05, 0) is 50.4 Å². The summed E-state index contributed by atoms with van der Waals surface area (Å²) in [4.78, 5) is 4.99. The smallest absolute Gasteiger partial charge is 0.127 e. The standard InChI is InChI=1S/C25H44N2O/c1-24(2,3)19-15-18(23(28-10)20(16-19)25(4,5)6)17-27(9)22-14-12-11-13-21(22)26(7)8/h15-16,21-22H,11-14,17H2,1-10H3/t21-,22-/m1/s1. The predicted molar refractivity (Wildman–Crippen MR) is 122 cm³/mol. The van der Waals surface area contributed by atoms with Crippen molar-refractivity contribution >= 4 is 0 Å². The van der Waals surface area contributed by atoms with Gasteiger partial charge in [0.25, 0.3) is 0 Å². The third kappa shape index (κ3) is 5.30. The van der Waals surface area contributed by atoms with Crippen molar-refractivity contribution in [2.45, 2.75) is 96.7 Å². The summed E-state index contributed by atoms with van der Waals surface area (Å²) < 4.78 is 6.00. The molecule has 2 atom stereocenters. The van der Waals surface area contributed by atoms with E-state index in [1.54, 1.807) is 0 Å². The highest BCUT2D eigenvalue weighted by atomic mass is 16.5. The molecular formula is C25H44N2O. The third-order valence-electron chi connectivity index (χ3n) is 6.39. The van der Waals surface area contributed by atoms with Crippen molar-refractivity contribution < 1.29 is 4.74 Å². The average Bonchev–Trinajstić information content (AvgIpc) is 2.59. The fourth-order valence-electron chi connectivity index (χ4n) is 4.63. The molecule has 1 aliphatic rings. The van der Waals surface area contributed by atoms with Crippen LogP contribution >= 0.6 is 0 Å². The number of hydrogen-bond acceptors (Lipinski definition) is 3. The molecule has 0 bridgehead atoms. The van der Waals surface area contributed by atoms with Gasteiger partial charge in [-0.1, -0.05) is 66.5 Å². The number of ether oxygens (including phenoxy) is 1. The van der Waals surface area contributed by atoms with E-state index in [0.29, 0.717) is 12.1 Å². The molecule has 160 valence electrons. The molecule has 0 saturated heterocycles. The van der Waals surface area contributed by atoms with E-state index in [1.165, 1.54) is 42.4 Å². The van der Waals surface area contributed by atoms with Crippen LogP contribution in [-0.2, 0) is 17.4 Å². The molecule has 28 heavy (non-hydrogen) atoms. The van der Waals surface area contributed by atoms with E-state index < -0.39 is 0 Å². The van der Waals surface area contributed by atoms with E-state index in [9.17, 15) is 0 Å². The van der Waals surface area contributed by atoms with Crippen LogP contribution in [0.1, 0.15) is 83.9 Å². The Hall–Kier alpha value is -1.06. The minimum atomic E-state index is 0.0525. The number of nitrogens with zero attached hydrogens (tertiary/aromatic N) is 2. The molecule has 2 rings (SSSR count). The lowest BCUT2D eigenvalue weighted by Gasteiger charge is -2.41. The van der Waals surface area contributed by atoms with Crippen molar-refractivity contribution in [3.63, 3.8) is 0 Å². The molecular weight excluding hydrogens is 344 g/mol. The summed E-state index contributed by atoms with van der Waals surface area (Å²) in [6.07, 6.45) is 5.27. The molecule has 0 unspecified atom stereocenters. The van der Waals surface area contributed by atoms with Crippen molar-refractivity contribution in [1.82, 2.24) is 9.80 Å². The highest BCUT2D eigenvalue weighted by molar-refractivity contribution is 5.49. The van der Waals surface area contributed by atoms with Gasteiger partial charge in [-0.15, -0.1) is 0 Å². The normalized spacial score (nSPS) is 21.4. The number of benzene rings is 1. The first kappa shape index (κ1) is 23.2. The summed E-state index contributed by atoms with van der Waals surface area (Å²) in [5, 5.41) is 0. The Morgan fingerprint density at radius 1 is 0.893 bits per heavy atom. The van der Waals surface area contributed by atoms with Crippen LogP contribution in [-0.4, -0.2) is 50.1 Å². The quantitative estimate of drug-likeness (QED) is 0.653. The first-order chi connectivity index (χ1) is 12.9. The van der Waals surface area contributed by atoms with Crippen LogP contribution in [0.3, 0.4) is 0 Å². The van der Waals surface area contributed by atoms with Crippen LogP contribution in [0.2, 0.25) is 0 Å². The molecule has 0 amide bonds. The van der Waals surface area contributed by atoms with Gasteiger partial charge in [0.2, 0.25) is 0 Å². The summed E-state index contributed by atoms with van der Waals surface area (Å²) in [6, 6.07) is 5.99. The minimum absolute atomic E-state index is 0.0525. The van der Waals surface area contributed by atoms with Gasteiger partial charge < -0.3 is 9.64 Å². The fraction of sp³-hybridized carbons (Fsp3) is 0.760. The fourth-order valence-corrected chi connectivity index (χ4v) is 4.63. The second kappa shape index (κ2) is 8.75. The van der Waals surface area contributed by atoms with E-state index in [-0.39, 0.29) is 10.8 Å². The topological polar surface area (TPSA) is 15.7 Å². The molecule has 0 spiro atoms. The summed E-state index contributed by atoms with van der Waals surface area (Å²) in [7, 11) is 8.59. The SMILES string of the molecule is COc1c(CN(C)[C@@H]2CCCC[C@H]2N(C)C)cc(C(C)(C)C)cc1C(C)(C)C. The molecule has 3 nitrogen and oxygen atoms in total.